The van der Waals surface area contributed by atoms with Gasteiger partial charge in [-0.05, 0) is 18.6 Å². The van der Waals surface area contributed by atoms with Crippen molar-refractivity contribution in [2.75, 3.05) is 6.61 Å². The first-order valence-electron chi connectivity index (χ1n) is 6.63. The van der Waals surface area contributed by atoms with Crippen LogP contribution in [-0.2, 0) is 4.79 Å². The molecular weight excluding hydrogens is 228 g/mol. The zero-order chi connectivity index (χ0) is 13.1. The lowest BCUT2D eigenvalue weighted by molar-refractivity contribution is 0.303. The van der Waals surface area contributed by atoms with Gasteiger partial charge < -0.3 is 9.47 Å². The second-order valence-electron chi connectivity index (χ2n) is 4.28. The van der Waals surface area contributed by atoms with Gasteiger partial charge >= 0.3 is 6.47 Å². The molecule has 3 nitrogen and oxygen atoms in total. The summed E-state index contributed by atoms with van der Waals surface area (Å²) in [6, 6.07) is 7.04. The molecule has 0 aliphatic rings. The molecule has 0 amide bonds. The SMILES string of the molecule is CCCCCCCCOc1cccc(O[C]=O)c1. The van der Waals surface area contributed by atoms with Gasteiger partial charge in [-0.15, -0.1) is 0 Å². The van der Waals surface area contributed by atoms with Crippen molar-refractivity contribution in [3.05, 3.63) is 24.3 Å². The van der Waals surface area contributed by atoms with Crippen molar-refractivity contribution in [2.45, 2.75) is 45.4 Å². The Bertz CT molecular complexity index is 336. The fraction of sp³-hybridized carbons (Fsp3) is 0.533. The van der Waals surface area contributed by atoms with Gasteiger partial charge in [0.2, 0.25) is 0 Å². The summed E-state index contributed by atoms with van der Waals surface area (Å²) in [4.78, 5) is 10.1. The summed E-state index contributed by atoms with van der Waals surface area (Å²) in [5.74, 6) is 1.20. The van der Waals surface area contributed by atoms with Crippen LogP contribution in [0.5, 0.6) is 11.5 Å². The smallest absolute Gasteiger partial charge is 0.423 e. The van der Waals surface area contributed by atoms with E-state index in [1.54, 1.807) is 18.2 Å². The van der Waals surface area contributed by atoms with Crippen molar-refractivity contribution >= 4 is 6.47 Å². The van der Waals surface area contributed by atoms with E-state index in [-0.39, 0.29) is 0 Å². The van der Waals surface area contributed by atoms with Gasteiger partial charge in [0, 0.05) is 6.07 Å². The van der Waals surface area contributed by atoms with E-state index < -0.39 is 0 Å². The lowest BCUT2D eigenvalue weighted by Gasteiger charge is -2.06. The van der Waals surface area contributed by atoms with Gasteiger partial charge in [-0.1, -0.05) is 45.1 Å². The lowest BCUT2D eigenvalue weighted by Crippen LogP contribution is -1.97. The van der Waals surface area contributed by atoms with E-state index in [2.05, 4.69) is 11.7 Å². The van der Waals surface area contributed by atoms with Gasteiger partial charge in [0.05, 0.1) is 6.61 Å². The summed E-state index contributed by atoms with van der Waals surface area (Å²) in [5.41, 5.74) is 0. The molecule has 99 valence electrons. The number of hydrogen-bond donors (Lipinski definition) is 0. The number of rotatable bonds is 10. The molecule has 18 heavy (non-hydrogen) atoms. The minimum absolute atomic E-state index is 0.463. The molecule has 1 aromatic carbocycles. The molecule has 0 spiro atoms. The van der Waals surface area contributed by atoms with Crippen molar-refractivity contribution in [3.63, 3.8) is 0 Å². The predicted molar refractivity (Wildman–Crippen MR) is 71.6 cm³/mol. The zero-order valence-corrected chi connectivity index (χ0v) is 11.0. The first-order valence-corrected chi connectivity index (χ1v) is 6.63. The molecule has 0 N–H and O–H groups in total. The second kappa shape index (κ2) is 9.51. The van der Waals surface area contributed by atoms with Crippen LogP contribution in [0.25, 0.3) is 0 Å². The van der Waals surface area contributed by atoms with Gasteiger partial charge in [-0.25, -0.2) is 4.79 Å². The van der Waals surface area contributed by atoms with Crippen LogP contribution in [0.3, 0.4) is 0 Å². The number of carbonyl (C=O) groups excluding carboxylic acids is 1. The molecule has 0 saturated heterocycles. The Balaban J connectivity index is 2.14. The monoisotopic (exact) mass is 249 g/mol. The average Bonchev–Trinajstić information content (AvgIpc) is 2.39. The highest BCUT2D eigenvalue weighted by Crippen LogP contribution is 2.19. The molecule has 0 heterocycles. The van der Waals surface area contributed by atoms with E-state index in [1.165, 1.54) is 38.6 Å². The summed E-state index contributed by atoms with van der Waals surface area (Å²) in [7, 11) is 0. The van der Waals surface area contributed by atoms with Crippen LogP contribution in [-0.4, -0.2) is 13.1 Å². The van der Waals surface area contributed by atoms with Crippen molar-refractivity contribution in [1.29, 1.82) is 0 Å². The Morgan fingerprint density at radius 2 is 1.78 bits per heavy atom. The normalized spacial score (nSPS) is 10.1. The summed E-state index contributed by atoms with van der Waals surface area (Å²) in [6.07, 6.45) is 7.46. The molecule has 0 atom stereocenters. The van der Waals surface area contributed by atoms with Gasteiger partial charge in [0.1, 0.15) is 11.5 Å². The van der Waals surface area contributed by atoms with Crippen LogP contribution in [0.4, 0.5) is 0 Å². The Morgan fingerprint density at radius 1 is 1.06 bits per heavy atom. The standard InChI is InChI=1S/C15H21O3/c1-2-3-4-5-6-7-11-17-14-9-8-10-15(12-14)18-13-16/h8-10,12H,2-7,11H2,1H3. The topological polar surface area (TPSA) is 35.5 Å². The molecule has 1 rings (SSSR count). The molecule has 1 radical (unpaired) electrons. The molecule has 0 unspecified atom stereocenters. The van der Waals surface area contributed by atoms with Crippen LogP contribution in [0.1, 0.15) is 45.4 Å². The van der Waals surface area contributed by atoms with Crippen molar-refractivity contribution in [2.24, 2.45) is 0 Å². The van der Waals surface area contributed by atoms with Crippen molar-refractivity contribution < 1.29 is 14.3 Å². The number of ether oxygens (including phenoxy) is 2. The maximum Gasteiger partial charge on any atom is 0.423 e. The summed E-state index contributed by atoms with van der Waals surface area (Å²) < 4.78 is 10.2. The Kier molecular flexibility index (Phi) is 7.69. The third-order valence-electron chi connectivity index (χ3n) is 2.73. The quantitative estimate of drug-likeness (QED) is 0.590. The minimum atomic E-state index is 0.463. The maximum absolute atomic E-state index is 10.1. The van der Waals surface area contributed by atoms with Crippen LogP contribution in [0.2, 0.25) is 0 Å². The van der Waals surface area contributed by atoms with Gasteiger partial charge in [-0.3, -0.25) is 0 Å². The average molecular weight is 249 g/mol. The van der Waals surface area contributed by atoms with Gasteiger partial charge in [0.15, 0.2) is 0 Å². The van der Waals surface area contributed by atoms with Crippen LogP contribution in [0.15, 0.2) is 24.3 Å². The Labute approximate surface area is 109 Å². The van der Waals surface area contributed by atoms with Gasteiger partial charge in [-0.2, -0.15) is 0 Å². The molecule has 0 aromatic heterocycles. The van der Waals surface area contributed by atoms with Crippen molar-refractivity contribution in [1.82, 2.24) is 0 Å². The molecule has 1 aromatic rings. The second-order valence-corrected chi connectivity index (χ2v) is 4.28. The van der Waals surface area contributed by atoms with Crippen LogP contribution in [0, 0.1) is 0 Å². The molecule has 0 bridgehead atoms. The van der Waals surface area contributed by atoms with E-state index in [4.69, 9.17) is 4.74 Å². The van der Waals surface area contributed by atoms with E-state index in [0.717, 1.165) is 12.2 Å². The van der Waals surface area contributed by atoms with E-state index in [0.29, 0.717) is 12.4 Å². The number of unbranched alkanes of at least 4 members (excludes halogenated alkanes) is 5. The molecule has 3 heteroatoms. The number of benzene rings is 1. The van der Waals surface area contributed by atoms with E-state index in [9.17, 15) is 4.79 Å². The lowest BCUT2D eigenvalue weighted by atomic mass is 10.1. The summed E-state index contributed by atoms with van der Waals surface area (Å²) in [5, 5.41) is 0. The highest BCUT2D eigenvalue weighted by Gasteiger charge is 1.98. The Morgan fingerprint density at radius 3 is 2.56 bits per heavy atom. The van der Waals surface area contributed by atoms with Crippen LogP contribution < -0.4 is 9.47 Å². The van der Waals surface area contributed by atoms with Gasteiger partial charge in [0.25, 0.3) is 0 Å². The number of hydrogen-bond acceptors (Lipinski definition) is 3. The Hall–Kier alpha value is -1.51. The highest BCUT2D eigenvalue weighted by molar-refractivity contribution is 5.47. The summed E-state index contributed by atoms with van der Waals surface area (Å²) in [6.45, 7) is 4.33. The summed E-state index contributed by atoms with van der Waals surface area (Å²) >= 11 is 0. The van der Waals surface area contributed by atoms with Crippen molar-refractivity contribution in [3.8, 4) is 11.5 Å². The predicted octanol–water partition coefficient (Wildman–Crippen LogP) is 3.87. The third-order valence-corrected chi connectivity index (χ3v) is 2.73. The largest absolute Gasteiger partial charge is 0.493 e. The molecule has 0 aliphatic heterocycles. The van der Waals surface area contributed by atoms with E-state index in [1.807, 2.05) is 6.07 Å². The van der Waals surface area contributed by atoms with Crippen LogP contribution >= 0.6 is 0 Å². The maximum atomic E-state index is 10.1. The molecule has 0 fully saturated rings. The fourth-order valence-corrected chi connectivity index (χ4v) is 1.75. The highest BCUT2D eigenvalue weighted by atomic mass is 16.5. The minimum Gasteiger partial charge on any atom is -0.493 e. The first-order chi connectivity index (χ1) is 8.86. The molecular formula is C15H21O3. The first kappa shape index (κ1) is 14.6. The zero-order valence-electron chi connectivity index (χ0n) is 11.0. The molecule has 0 saturated carbocycles. The molecule has 0 aliphatic carbocycles. The third kappa shape index (κ3) is 6.28. The van der Waals surface area contributed by atoms with E-state index >= 15 is 0 Å². The fourth-order valence-electron chi connectivity index (χ4n) is 1.75.